The van der Waals surface area contributed by atoms with E-state index >= 15 is 0 Å². The van der Waals surface area contributed by atoms with Crippen LogP contribution >= 0.6 is 34.0 Å². The maximum absolute atomic E-state index is 13.5. The first kappa shape index (κ1) is 120. The van der Waals surface area contributed by atoms with Crippen LogP contribution < -0.4 is 81.9 Å². The van der Waals surface area contributed by atoms with Crippen molar-refractivity contribution in [2.24, 2.45) is 21.1 Å². The van der Waals surface area contributed by atoms with Gasteiger partial charge < -0.3 is 27.0 Å². The molecular formula is C127H180B7F3N3O3S3-7. The molecule has 9 aromatic heterocycles. The van der Waals surface area contributed by atoms with Gasteiger partial charge in [-0.2, -0.15) is 182 Å². The third-order valence-corrected chi connectivity index (χ3v) is 35.8. The molecule has 0 N–H and O–H groups in total. The van der Waals surface area contributed by atoms with Crippen LogP contribution in [-0.4, -0.2) is 56.7 Å². The number of aromatic nitrogens is 3. The second-order valence-corrected chi connectivity index (χ2v) is 45.9. The van der Waals surface area contributed by atoms with Crippen molar-refractivity contribution in [2.75, 3.05) is 0 Å². The fourth-order valence-corrected chi connectivity index (χ4v) is 27.6. The molecule has 6 aromatic carbocycles. The number of hydrogen-bond acceptors (Lipinski definition) is 6. The molecule has 0 saturated heterocycles. The highest BCUT2D eigenvalue weighted by Gasteiger charge is 2.37. The van der Waals surface area contributed by atoms with Crippen LogP contribution in [-0.2, 0) is 21.1 Å². The lowest BCUT2D eigenvalue weighted by atomic mass is 9.14. The molecule has 0 aliphatic rings. The second kappa shape index (κ2) is 64.7. The van der Waals surface area contributed by atoms with Crippen LogP contribution in [0.3, 0.4) is 0 Å². The zero-order chi connectivity index (χ0) is 105. The predicted octanol–water partition coefficient (Wildman–Crippen LogP) is 30.5. The summed E-state index contributed by atoms with van der Waals surface area (Å²) in [6.45, 7) is 29.9. The molecule has 0 spiro atoms. The summed E-state index contributed by atoms with van der Waals surface area (Å²) in [4.78, 5) is 0. The number of furan rings is 3. The number of benzene rings is 6. The third kappa shape index (κ3) is 33.2. The number of nitrogens with zero attached hydrogens (tertiary/aromatic N) is 3. The van der Waals surface area contributed by atoms with E-state index in [1.54, 1.807) is 96.9 Å². The van der Waals surface area contributed by atoms with Crippen LogP contribution in [0.5, 0.6) is 0 Å². The number of halogens is 3. The van der Waals surface area contributed by atoms with Gasteiger partial charge in [0.2, 0.25) is 0 Å². The van der Waals surface area contributed by atoms with Crippen molar-refractivity contribution in [1.29, 1.82) is 0 Å². The van der Waals surface area contributed by atoms with Gasteiger partial charge in [-0.25, -0.2) is 29.6 Å². The summed E-state index contributed by atoms with van der Waals surface area (Å²) in [6.07, 6.45) is 70.4. The van der Waals surface area contributed by atoms with Gasteiger partial charge in [0.05, 0.1) is 68.3 Å². The van der Waals surface area contributed by atoms with Crippen molar-refractivity contribution in [2.45, 2.75) is 339 Å². The fraction of sp³-hybridized carbons (Fsp3) is 0.433. The smallest absolute Gasteiger partial charge is 0.122 e. The molecule has 0 atom stereocenters. The van der Waals surface area contributed by atoms with Gasteiger partial charge in [0, 0.05) is 33.4 Å². The van der Waals surface area contributed by atoms with Gasteiger partial charge in [-0.05, 0) is 106 Å². The van der Waals surface area contributed by atoms with E-state index in [0.717, 1.165) is 54.7 Å². The summed E-state index contributed by atoms with van der Waals surface area (Å²) in [5, 5.41) is 13.7. The highest BCUT2D eigenvalue weighted by Crippen LogP contribution is 2.35. The van der Waals surface area contributed by atoms with E-state index in [9.17, 15) is 13.2 Å². The Labute approximate surface area is 895 Å². The van der Waals surface area contributed by atoms with Crippen molar-refractivity contribution in [3.8, 4) is 0 Å². The topological polar surface area (TPSA) is 54.2 Å². The molecule has 15 aromatic rings. The summed E-state index contributed by atoms with van der Waals surface area (Å²) in [5.41, 5.74) is 20.1. The van der Waals surface area contributed by atoms with Crippen LogP contribution in [0.1, 0.15) is 257 Å². The van der Waals surface area contributed by atoms with Crippen LogP contribution in [0.15, 0.2) is 339 Å². The van der Waals surface area contributed by atoms with E-state index in [2.05, 4.69) is 340 Å². The lowest BCUT2D eigenvalue weighted by Gasteiger charge is -2.43. The van der Waals surface area contributed by atoms with Crippen LogP contribution in [0.4, 0.5) is 13.2 Å². The van der Waals surface area contributed by atoms with E-state index in [-0.39, 0.29) is 29.7 Å². The van der Waals surface area contributed by atoms with Crippen molar-refractivity contribution in [3.63, 3.8) is 0 Å². The van der Waals surface area contributed by atoms with E-state index < -0.39 is 30.7 Å². The molecule has 0 aliphatic heterocycles. The van der Waals surface area contributed by atoms with Crippen LogP contribution in [0.2, 0.25) is 82.2 Å². The average Bonchev–Trinajstić information content (AvgIpc) is 1.28. The second-order valence-electron chi connectivity index (χ2n) is 43.5. The molecule has 6 nitrogen and oxygen atoms in total. The maximum atomic E-state index is 13.5. The molecular weight excluding hydrogens is 1840 g/mol. The molecule has 0 unspecified atom stereocenters. The molecule has 0 radical (unpaired) electrons. The number of rotatable bonds is 54. The van der Waals surface area contributed by atoms with Gasteiger partial charge in [-0.15, -0.1) is 0 Å². The summed E-state index contributed by atoms with van der Waals surface area (Å²) in [6, 6.07) is 73.3. The van der Waals surface area contributed by atoms with Crippen molar-refractivity contribution >= 4 is 159 Å². The van der Waals surface area contributed by atoms with Gasteiger partial charge in [0.25, 0.3) is 0 Å². The lowest BCUT2D eigenvalue weighted by Crippen LogP contribution is -2.67. The summed E-state index contributed by atoms with van der Waals surface area (Å²) >= 11 is 5.45. The van der Waals surface area contributed by atoms with Crippen LogP contribution in [0, 0.1) is 17.5 Å². The first-order valence-electron chi connectivity index (χ1n) is 57.5. The normalized spacial score (nSPS) is 11.8. The van der Waals surface area contributed by atoms with Gasteiger partial charge in [0.15, 0.2) is 0 Å². The fourth-order valence-electron chi connectivity index (χ4n) is 25.3. The molecule has 0 aliphatic carbocycles. The molecule has 0 fully saturated rings. The monoisotopic (exact) mass is 2030 g/mol. The Kier molecular flexibility index (Phi) is 53.1. The van der Waals surface area contributed by atoms with E-state index in [4.69, 9.17) is 13.3 Å². The quantitative estimate of drug-likeness (QED) is 0.0357. The Bertz CT molecular complexity index is 5170. The Balaban J connectivity index is 0.000000190. The molecule has 0 saturated carbocycles. The standard InChI is InChI=1S/C22H21BF3.C20H28B.C19H27BN3.C18H32B.C16H18BO3.C16H18BS3.C16H36B/c1-2-3-16-23(17-4-10-20(24)11-5-17,18-6-12-21(25)13-7-18)19-8-14-22(26)15-9-19;1-3-5-17-21(18-6-4-2,19-13-9-7-10-14-19)20-15-11-8-12-16-20;1-5-6-10-20(17-7-11-21(2)14-17,18-8-12-22(3)15-18)19-9-13-23(4)16-19;1-4-7-15-19(16-8-5-2,17-9-6-3)18-13-11-10-12-14-18;2*1-2-3-7-17(14-4-8-18-11-14,15-5-9-19-12-15)16-6-10-20-13-16;1-5-9-13-17(14-10-6-2,15-11-7-3)16-12-8-4/h4-15H,2-3,16H2,1H3;7-16H,3-6,17-18H2,1-2H3;7-9,11-16H,5-6,10H2,1-4H3;10-14H,4-9,15-17H2,1-3H3;2*4-6,8-13H,2-3,7H2,1H3;5-16H2,1-4H3/q7*-1. The van der Waals surface area contributed by atoms with Gasteiger partial charge >= 0.3 is 0 Å². The molecule has 0 amide bonds. The summed E-state index contributed by atoms with van der Waals surface area (Å²) < 4.78 is 63.2. The number of aryl methyl sites for hydroxylation is 3. The van der Waals surface area contributed by atoms with Crippen molar-refractivity contribution in [1.82, 2.24) is 13.7 Å². The van der Waals surface area contributed by atoms with E-state index in [1.165, 1.54) is 271 Å². The van der Waals surface area contributed by atoms with Crippen molar-refractivity contribution < 1.29 is 26.4 Å². The Morgan fingerprint density at radius 2 is 0.452 bits per heavy atom. The minimum Gasteiger partial charge on any atom is -0.476 e. The third-order valence-electron chi connectivity index (χ3n) is 33.7. The minimum atomic E-state index is -1.46. The SMILES string of the molecule is CCCC[B-](CCCC)(CCCC)CCCC.CCCC[B-](CCCC)(CCCC)c1ccccc1.CCCC[B-](CCCC)(c1ccccc1)c1ccccc1.CCCC[B-](c1ccc(F)cc1)(c1ccc(F)cc1)c1ccc(F)cc1.CCCC[B-](c1ccn(C)c1)(c1ccn(C)c1)c1ccn(C)c1.CCCC[B-](c1ccoc1)(c1ccoc1)c1ccoc1.CCCC[B-](c1ccsc1)(c1ccsc1)c1ccsc1. The van der Waals surface area contributed by atoms with Gasteiger partial charge in [0.1, 0.15) is 17.5 Å². The number of thiophene rings is 3. The zero-order valence-electron chi connectivity index (χ0n) is 92.7. The Morgan fingerprint density at radius 1 is 0.219 bits per heavy atom. The van der Waals surface area contributed by atoms with E-state index in [1.807, 2.05) is 52.8 Å². The molecule has 15 rings (SSSR count). The first-order chi connectivity index (χ1) is 71.2. The molecule has 0 bridgehead atoms. The predicted molar refractivity (Wildman–Crippen MR) is 655 cm³/mol. The number of hydrogen-bond donors (Lipinski definition) is 0. The first-order valence-corrected chi connectivity index (χ1v) is 60.3. The lowest BCUT2D eigenvalue weighted by molar-refractivity contribution is 0.568. The average molecular weight is 2030 g/mol. The van der Waals surface area contributed by atoms with Crippen LogP contribution in [0.25, 0.3) is 0 Å². The highest BCUT2D eigenvalue weighted by molar-refractivity contribution is 7.21. The molecule has 146 heavy (non-hydrogen) atoms. The largest absolute Gasteiger partial charge is 0.476 e. The summed E-state index contributed by atoms with van der Waals surface area (Å²) in [7, 11) is 6.33. The number of unbranched alkanes of at least 4 members (excludes halogenated alkanes) is 13. The molecule has 9 heterocycles. The highest BCUT2D eigenvalue weighted by atomic mass is 32.1. The maximum Gasteiger partial charge on any atom is 0.122 e. The zero-order valence-corrected chi connectivity index (χ0v) is 95.2. The molecule has 19 heteroatoms. The van der Waals surface area contributed by atoms with Gasteiger partial charge in [-0.1, -0.05) is 439 Å². The van der Waals surface area contributed by atoms with E-state index in [0.29, 0.717) is 0 Å². The van der Waals surface area contributed by atoms with Gasteiger partial charge in [-0.3, -0.25) is 0 Å². The van der Waals surface area contributed by atoms with Crippen molar-refractivity contribution in [3.05, 3.63) is 343 Å². The molecule has 788 valence electrons. The Morgan fingerprint density at radius 3 is 0.685 bits per heavy atom. The Hall–Kier alpha value is -9.66. The summed E-state index contributed by atoms with van der Waals surface area (Å²) in [5.74, 6) is -0.897. The minimum absolute atomic E-state index is 0.00722.